The van der Waals surface area contributed by atoms with Gasteiger partial charge in [-0.05, 0) is 25.0 Å². The van der Waals surface area contributed by atoms with E-state index in [-0.39, 0.29) is 30.7 Å². The van der Waals surface area contributed by atoms with Gasteiger partial charge in [0.25, 0.3) is 0 Å². The number of unbranched alkanes of at least 4 members (excludes halogenated alkanes) is 2. The molecule has 0 aromatic rings. The Morgan fingerprint density at radius 1 is 1.32 bits per heavy atom. The Morgan fingerprint density at radius 3 is 2.60 bits per heavy atom. The molecular formula is C15H23N3O6S. The molecule has 1 atom stereocenters. The molecule has 9 nitrogen and oxygen atoms in total. The van der Waals surface area contributed by atoms with Gasteiger partial charge in [0.2, 0.25) is 5.91 Å². The number of ether oxygens (including phenoxy) is 1. The van der Waals surface area contributed by atoms with E-state index in [1.54, 1.807) is 6.07 Å². The first-order chi connectivity index (χ1) is 11.9. The molecule has 0 radical (unpaired) electrons. The Hall–Kier alpha value is -2.09. The van der Waals surface area contributed by atoms with E-state index in [2.05, 4.69) is 5.32 Å². The Bertz CT molecular complexity index is 518. The summed E-state index contributed by atoms with van der Waals surface area (Å²) in [7, 11) is 0. The first-order valence-corrected chi connectivity index (χ1v) is 8.70. The molecule has 0 saturated heterocycles. The maximum atomic E-state index is 11.2. The number of nitrogens with zero attached hydrogens (tertiary/aromatic N) is 1. The quantitative estimate of drug-likeness (QED) is 0.194. The van der Waals surface area contributed by atoms with Gasteiger partial charge in [0.05, 0.1) is 19.1 Å². The molecule has 1 amide bonds. The summed E-state index contributed by atoms with van der Waals surface area (Å²) in [6.45, 7) is 0.385. The first kappa shape index (κ1) is 22.9. The fraction of sp³-hybridized carbons (Fsp3) is 0.600. The largest absolute Gasteiger partial charge is 0.481 e. The number of carboxylic acid groups (broad SMARTS) is 2. The Kier molecular flexibility index (Phi) is 13.1. The topological polar surface area (TPSA) is 163 Å². The lowest BCUT2D eigenvalue weighted by Crippen LogP contribution is -2.26. The molecule has 0 aliphatic rings. The third-order valence-corrected chi connectivity index (χ3v) is 4.03. The lowest BCUT2D eigenvalue weighted by molar-refractivity contribution is -0.138. The summed E-state index contributed by atoms with van der Waals surface area (Å²) in [5.74, 6) is -2.11. The zero-order valence-corrected chi connectivity index (χ0v) is 14.6. The molecule has 5 N–H and O–H groups in total. The van der Waals surface area contributed by atoms with Crippen LogP contribution in [0.4, 0.5) is 0 Å². The minimum Gasteiger partial charge on any atom is -0.481 e. The Morgan fingerprint density at radius 2 is 2.04 bits per heavy atom. The predicted molar refractivity (Wildman–Crippen MR) is 91.4 cm³/mol. The van der Waals surface area contributed by atoms with Crippen LogP contribution in [0, 0.1) is 11.3 Å². The van der Waals surface area contributed by atoms with E-state index in [1.807, 2.05) is 0 Å². The number of allylic oxidation sites excluding steroid dienone is 1. The average molecular weight is 373 g/mol. The van der Waals surface area contributed by atoms with Gasteiger partial charge in [0.1, 0.15) is 17.6 Å². The fourth-order valence-corrected chi connectivity index (χ4v) is 2.59. The number of nitriles is 1. The number of carbonyl (C=O) groups is 3. The Balaban J connectivity index is 4.03. The van der Waals surface area contributed by atoms with Gasteiger partial charge >= 0.3 is 11.9 Å². The summed E-state index contributed by atoms with van der Waals surface area (Å²) < 4.78 is 5.34. The summed E-state index contributed by atoms with van der Waals surface area (Å²) >= 11 is 1.47. The first-order valence-electron chi connectivity index (χ1n) is 7.66. The second-order valence-electron chi connectivity index (χ2n) is 4.85. The van der Waals surface area contributed by atoms with E-state index in [0.29, 0.717) is 12.8 Å². The summed E-state index contributed by atoms with van der Waals surface area (Å²) in [6.07, 6.45) is 2.87. The van der Waals surface area contributed by atoms with Gasteiger partial charge in [0.15, 0.2) is 0 Å². The number of rotatable bonds is 14. The highest BCUT2D eigenvalue weighted by atomic mass is 32.2. The third kappa shape index (κ3) is 12.9. The van der Waals surface area contributed by atoms with Gasteiger partial charge in [-0.1, -0.05) is 6.08 Å². The van der Waals surface area contributed by atoms with Crippen molar-refractivity contribution in [1.29, 1.82) is 5.26 Å². The minimum atomic E-state index is -1.25. The molecule has 0 spiro atoms. The molecular weight excluding hydrogens is 350 g/mol. The number of amides is 1. The van der Waals surface area contributed by atoms with Crippen LogP contribution < -0.4 is 11.1 Å². The highest BCUT2D eigenvalue weighted by Crippen LogP contribution is 2.15. The van der Waals surface area contributed by atoms with Crippen molar-refractivity contribution in [2.24, 2.45) is 5.73 Å². The lowest BCUT2D eigenvalue weighted by Gasteiger charge is -2.14. The summed E-state index contributed by atoms with van der Waals surface area (Å²) in [4.78, 5) is 32.6. The van der Waals surface area contributed by atoms with Gasteiger partial charge in [-0.25, -0.2) is 4.79 Å². The molecule has 0 rings (SSSR count). The second kappa shape index (κ2) is 14.3. The highest BCUT2D eigenvalue weighted by Gasteiger charge is 2.11. The van der Waals surface area contributed by atoms with Gasteiger partial charge in [-0.3, -0.25) is 9.59 Å². The average Bonchev–Trinajstić information content (AvgIpc) is 2.54. The molecule has 0 saturated carbocycles. The molecule has 0 heterocycles. The number of nitrogens with two attached hydrogens (primary N) is 1. The summed E-state index contributed by atoms with van der Waals surface area (Å²) in [5, 5.41) is 28.1. The van der Waals surface area contributed by atoms with E-state index in [9.17, 15) is 14.4 Å². The van der Waals surface area contributed by atoms with Crippen molar-refractivity contribution in [2.75, 3.05) is 18.9 Å². The van der Waals surface area contributed by atoms with Crippen molar-refractivity contribution in [3.8, 4) is 6.07 Å². The van der Waals surface area contributed by atoms with E-state index >= 15 is 0 Å². The second-order valence-corrected chi connectivity index (χ2v) is 6.12. The summed E-state index contributed by atoms with van der Waals surface area (Å²) in [6, 6.07) is 1.64. The molecule has 0 aromatic carbocycles. The SMILES string of the molecule is N#CCC(=O)NC(=CCCCCSC(CN)OCCC(=O)O)C(=O)O. The van der Waals surface area contributed by atoms with Crippen molar-refractivity contribution in [3.05, 3.63) is 11.8 Å². The van der Waals surface area contributed by atoms with Crippen molar-refractivity contribution in [2.45, 2.75) is 37.5 Å². The van der Waals surface area contributed by atoms with Crippen LogP contribution in [0.25, 0.3) is 0 Å². The van der Waals surface area contributed by atoms with Crippen LogP contribution in [0.2, 0.25) is 0 Å². The van der Waals surface area contributed by atoms with E-state index < -0.39 is 24.3 Å². The smallest absolute Gasteiger partial charge is 0.352 e. The number of thioether (sulfide) groups is 1. The van der Waals surface area contributed by atoms with Gasteiger partial charge in [0, 0.05) is 6.54 Å². The molecule has 0 aliphatic heterocycles. The monoisotopic (exact) mass is 373 g/mol. The van der Waals surface area contributed by atoms with E-state index in [0.717, 1.165) is 12.2 Å². The van der Waals surface area contributed by atoms with Crippen LogP contribution in [0.3, 0.4) is 0 Å². The van der Waals surface area contributed by atoms with Crippen LogP contribution in [0.15, 0.2) is 11.8 Å². The van der Waals surface area contributed by atoms with Crippen LogP contribution in [0.1, 0.15) is 32.1 Å². The molecule has 0 aliphatic carbocycles. The van der Waals surface area contributed by atoms with Gasteiger partial charge in [-0.2, -0.15) is 5.26 Å². The van der Waals surface area contributed by atoms with Gasteiger partial charge < -0.3 is 26.0 Å². The normalized spacial score (nSPS) is 12.2. The number of hydrogen-bond donors (Lipinski definition) is 4. The number of carbonyl (C=O) groups excluding carboxylic acids is 1. The van der Waals surface area contributed by atoms with Crippen molar-refractivity contribution >= 4 is 29.6 Å². The predicted octanol–water partition coefficient (Wildman–Crippen LogP) is 0.664. The number of carboxylic acids is 2. The number of hydrogen-bond acceptors (Lipinski definition) is 7. The number of aliphatic carboxylic acids is 2. The maximum absolute atomic E-state index is 11.2. The van der Waals surface area contributed by atoms with Crippen molar-refractivity contribution in [3.63, 3.8) is 0 Å². The van der Waals surface area contributed by atoms with Crippen LogP contribution >= 0.6 is 11.8 Å². The minimum absolute atomic E-state index is 0.0721. The Labute approximate surface area is 150 Å². The third-order valence-electron chi connectivity index (χ3n) is 2.81. The zero-order chi connectivity index (χ0) is 19.1. The van der Waals surface area contributed by atoms with Crippen LogP contribution in [0.5, 0.6) is 0 Å². The fourth-order valence-electron chi connectivity index (χ4n) is 1.63. The van der Waals surface area contributed by atoms with Gasteiger partial charge in [-0.15, -0.1) is 11.8 Å². The van der Waals surface area contributed by atoms with E-state index in [4.69, 9.17) is 25.9 Å². The van der Waals surface area contributed by atoms with Crippen molar-refractivity contribution in [1.82, 2.24) is 5.32 Å². The lowest BCUT2D eigenvalue weighted by atomic mass is 10.2. The molecule has 0 aromatic heterocycles. The molecule has 25 heavy (non-hydrogen) atoms. The summed E-state index contributed by atoms with van der Waals surface area (Å²) in [5.41, 5.74) is 5.04. The molecule has 10 heteroatoms. The molecule has 140 valence electrons. The van der Waals surface area contributed by atoms with Crippen LogP contribution in [-0.4, -0.2) is 52.4 Å². The zero-order valence-electron chi connectivity index (χ0n) is 13.8. The van der Waals surface area contributed by atoms with E-state index in [1.165, 1.54) is 17.8 Å². The highest BCUT2D eigenvalue weighted by molar-refractivity contribution is 7.99. The standard InChI is InChI=1S/C15H23N3O6S/c16-7-5-12(19)18-11(15(22)23)4-2-1-3-9-25-14(10-17)24-8-6-13(20)21/h4,14H,1-3,5-6,8-10,17H2,(H,18,19)(H,20,21)(H,22,23). The maximum Gasteiger partial charge on any atom is 0.352 e. The number of nitrogens with one attached hydrogen (secondary N) is 1. The molecule has 0 bridgehead atoms. The molecule has 0 fully saturated rings. The molecule has 1 unspecified atom stereocenters. The van der Waals surface area contributed by atoms with Crippen molar-refractivity contribution < 1.29 is 29.3 Å². The van der Waals surface area contributed by atoms with Crippen LogP contribution in [-0.2, 0) is 19.1 Å².